The maximum Gasteiger partial charge on any atom is 0.119 e. The first-order valence-corrected chi connectivity index (χ1v) is 7.85. The minimum Gasteiger partial charge on any atom is -0.393 e. The maximum absolute atomic E-state index is 10.2. The quantitative estimate of drug-likeness (QED) is 0.600. The summed E-state index contributed by atoms with van der Waals surface area (Å²) in [6, 6.07) is 0. The molecule has 2 nitrogen and oxygen atoms in total. The lowest BCUT2D eigenvalue weighted by molar-refractivity contribution is 0.00809. The summed E-state index contributed by atoms with van der Waals surface area (Å²) >= 11 is 0. The maximum atomic E-state index is 10.2. The van der Waals surface area contributed by atoms with E-state index in [9.17, 15) is 10.2 Å². The van der Waals surface area contributed by atoms with Gasteiger partial charge in [0.2, 0.25) is 0 Å². The van der Waals surface area contributed by atoms with Crippen LogP contribution in [0, 0.1) is 29.1 Å². The van der Waals surface area contributed by atoms with Crippen LogP contribution in [0.4, 0.5) is 0 Å². The lowest BCUT2D eigenvalue weighted by Gasteiger charge is -2.43. The Labute approximate surface area is 123 Å². The molecule has 0 bridgehead atoms. The molecule has 112 valence electrons. The predicted octanol–water partition coefficient (Wildman–Crippen LogP) is 3.28. The molecule has 1 saturated carbocycles. The summed E-state index contributed by atoms with van der Waals surface area (Å²) in [5.41, 5.74) is 0.733. The van der Waals surface area contributed by atoms with E-state index in [1.165, 1.54) is 12.0 Å². The van der Waals surface area contributed by atoms with Gasteiger partial charge >= 0.3 is 0 Å². The Morgan fingerprint density at radius 3 is 2.85 bits per heavy atom. The topological polar surface area (TPSA) is 40.5 Å². The van der Waals surface area contributed by atoms with Crippen LogP contribution in [0.1, 0.15) is 59.8 Å². The van der Waals surface area contributed by atoms with E-state index in [2.05, 4.69) is 31.8 Å². The molecule has 0 radical (unpaired) electrons. The summed E-state index contributed by atoms with van der Waals surface area (Å²) in [6.45, 7) is 7.97. The van der Waals surface area contributed by atoms with Crippen molar-refractivity contribution in [1.82, 2.24) is 0 Å². The van der Waals surface area contributed by atoms with Gasteiger partial charge in [0.15, 0.2) is 0 Å². The van der Waals surface area contributed by atoms with Crippen molar-refractivity contribution >= 4 is 0 Å². The highest BCUT2D eigenvalue weighted by Gasteiger charge is 2.47. The molecule has 1 fully saturated rings. The Bertz CT molecular complexity index is 446. The average Bonchev–Trinajstić information content (AvgIpc) is 2.66. The first kappa shape index (κ1) is 15.6. The van der Waals surface area contributed by atoms with Crippen LogP contribution >= 0.6 is 0 Å². The highest BCUT2D eigenvalue weighted by atomic mass is 16.3. The van der Waals surface area contributed by atoms with Crippen LogP contribution in [-0.2, 0) is 0 Å². The van der Waals surface area contributed by atoms with Gasteiger partial charge < -0.3 is 10.2 Å². The molecule has 2 aliphatic carbocycles. The van der Waals surface area contributed by atoms with E-state index in [1.54, 1.807) is 13.8 Å². The number of rotatable bonds is 2. The monoisotopic (exact) mass is 276 g/mol. The standard InChI is InChI=1S/C18H28O2/c1-13(7-5-11-17(2,3)20)14-9-10-15-16(19)8-6-12-18(14,15)4/h9,13,15-16,19-20H,6-8,10,12H2,1-4H3/t13-,15-,16-,18+/m0/s1. The molecule has 0 aromatic carbocycles. The Balaban J connectivity index is 2.07. The van der Waals surface area contributed by atoms with Crippen molar-refractivity contribution in [3.05, 3.63) is 11.6 Å². The number of hydrogen-bond acceptors (Lipinski definition) is 2. The molecule has 2 N–H and O–H groups in total. The van der Waals surface area contributed by atoms with Crippen molar-refractivity contribution in [2.45, 2.75) is 71.5 Å². The first-order chi connectivity index (χ1) is 9.24. The zero-order chi connectivity index (χ0) is 15.0. The van der Waals surface area contributed by atoms with Gasteiger partial charge in [-0.1, -0.05) is 37.3 Å². The number of allylic oxidation sites excluding steroid dienone is 2. The summed E-state index contributed by atoms with van der Waals surface area (Å²) < 4.78 is 0. The van der Waals surface area contributed by atoms with Crippen molar-refractivity contribution in [3.63, 3.8) is 0 Å². The molecule has 2 aliphatic rings. The Morgan fingerprint density at radius 1 is 1.50 bits per heavy atom. The fraction of sp³-hybridized carbons (Fsp3) is 0.778. The molecular weight excluding hydrogens is 248 g/mol. The molecule has 0 unspecified atom stereocenters. The molecule has 0 heterocycles. The summed E-state index contributed by atoms with van der Waals surface area (Å²) in [5.74, 6) is 6.83. The molecule has 0 saturated heterocycles. The number of fused-ring (bicyclic) bond motifs is 1. The first-order valence-electron chi connectivity index (χ1n) is 7.85. The van der Waals surface area contributed by atoms with Crippen molar-refractivity contribution in [3.8, 4) is 11.8 Å². The van der Waals surface area contributed by atoms with Gasteiger partial charge in [0.05, 0.1) is 6.10 Å². The van der Waals surface area contributed by atoms with Gasteiger partial charge in [0, 0.05) is 6.42 Å². The van der Waals surface area contributed by atoms with Crippen LogP contribution in [0.3, 0.4) is 0 Å². The smallest absolute Gasteiger partial charge is 0.119 e. The third-order valence-electron chi connectivity index (χ3n) is 5.06. The van der Waals surface area contributed by atoms with Gasteiger partial charge in [-0.25, -0.2) is 0 Å². The van der Waals surface area contributed by atoms with Gasteiger partial charge in [0.1, 0.15) is 5.60 Å². The normalized spacial score (nSPS) is 34.8. The number of aliphatic hydroxyl groups excluding tert-OH is 1. The van der Waals surface area contributed by atoms with E-state index in [-0.39, 0.29) is 11.5 Å². The van der Waals surface area contributed by atoms with E-state index < -0.39 is 5.60 Å². The van der Waals surface area contributed by atoms with E-state index in [0.29, 0.717) is 11.8 Å². The Hall–Kier alpha value is -0.780. The third-order valence-corrected chi connectivity index (χ3v) is 5.06. The summed E-state index contributed by atoms with van der Waals surface area (Å²) in [5, 5.41) is 19.9. The van der Waals surface area contributed by atoms with E-state index >= 15 is 0 Å². The zero-order valence-electron chi connectivity index (χ0n) is 13.2. The van der Waals surface area contributed by atoms with Gasteiger partial charge in [-0.15, -0.1) is 0 Å². The lowest BCUT2D eigenvalue weighted by Crippen LogP contribution is -2.39. The third kappa shape index (κ3) is 3.10. The van der Waals surface area contributed by atoms with Crippen molar-refractivity contribution in [1.29, 1.82) is 0 Å². The van der Waals surface area contributed by atoms with Crippen LogP contribution in [0.5, 0.6) is 0 Å². The minimum atomic E-state index is -0.906. The van der Waals surface area contributed by atoms with Crippen molar-refractivity contribution < 1.29 is 10.2 Å². The fourth-order valence-corrected chi connectivity index (χ4v) is 4.05. The summed E-state index contributed by atoms with van der Waals surface area (Å²) in [6.07, 6.45) is 7.25. The van der Waals surface area contributed by atoms with Gasteiger partial charge in [-0.05, 0) is 56.8 Å². The van der Waals surface area contributed by atoms with E-state index in [4.69, 9.17) is 0 Å². The summed E-state index contributed by atoms with van der Waals surface area (Å²) in [7, 11) is 0. The second kappa shape index (κ2) is 5.54. The fourth-order valence-electron chi connectivity index (χ4n) is 4.05. The van der Waals surface area contributed by atoms with Crippen LogP contribution < -0.4 is 0 Å². The Kier molecular flexibility index (Phi) is 4.33. The Morgan fingerprint density at radius 2 is 2.20 bits per heavy atom. The van der Waals surface area contributed by atoms with E-state index in [1.807, 2.05) is 0 Å². The van der Waals surface area contributed by atoms with Crippen molar-refractivity contribution in [2.24, 2.45) is 17.3 Å². The molecule has 0 aromatic heterocycles. The van der Waals surface area contributed by atoms with Crippen LogP contribution in [0.15, 0.2) is 11.6 Å². The highest BCUT2D eigenvalue weighted by molar-refractivity contribution is 5.27. The average molecular weight is 276 g/mol. The highest BCUT2D eigenvalue weighted by Crippen LogP contribution is 2.54. The zero-order valence-corrected chi connectivity index (χ0v) is 13.2. The lowest BCUT2D eigenvalue weighted by atomic mass is 9.63. The van der Waals surface area contributed by atoms with Crippen LogP contribution in [0.25, 0.3) is 0 Å². The minimum absolute atomic E-state index is 0.142. The second-order valence-electron chi connectivity index (χ2n) is 7.34. The molecule has 0 amide bonds. The molecule has 20 heavy (non-hydrogen) atoms. The van der Waals surface area contributed by atoms with Gasteiger partial charge in [-0.2, -0.15) is 0 Å². The van der Waals surface area contributed by atoms with Crippen LogP contribution in [-0.4, -0.2) is 21.9 Å². The molecule has 0 aromatic rings. The molecule has 4 atom stereocenters. The van der Waals surface area contributed by atoms with Gasteiger partial charge in [0.25, 0.3) is 0 Å². The summed E-state index contributed by atoms with van der Waals surface area (Å²) in [4.78, 5) is 0. The van der Waals surface area contributed by atoms with Crippen molar-refractivity contribution in [2.75, 3.05) is 0 Å². The molecule has 0 spiro atoms. The van der Waals surface area contributed by atoms with E-state index in [0.717, 1.165) is 25.7 Å². The predicted molar refractivity (Wildman–Crippen MR) is 82.0 cm³/mol. The SMILES string of the molecule is C[C@@H](CC#CC(C)(C)O)C1=CC[C@H]2[C@@H](O)CCC[C@]12C. The number of hydrogen-bond donors (Lipinski definition) is 2. The van der Waals surface area contributed by atoms with Crippen LogP contribution in [0.2, 0.25) is 0 Å². The molecular formula is C18H28O2. The molecule has 0 aliphatic heterocycles. The molecule has 2 rings (SSSR count). The van der Waals surface area contributed by atoms with Gasteiger partial charge in [-0.3, -0.25) is 0 Å². The largest absolute Gasteiger partial charge is 0.393 e. The number of aliphatic hydroxyl groups is 2. The molecule has 2 heteroatoms. The second-order valence-corrected chi connectivity index (χ2v) is 7.34.